The summed E-state index contributed by atoms with van der Waals surface area (Å²) in [5, 5.41) is 11.0. The Hall–Kier alpha value is -2.53. The van der Waals surface area contributed by atoms with E-state index in [1.165, 1.54) is 50.4 Å². The fourth-order valence-electron chi connectivity index (χ4n) is 3.44. The van der Waals surface area contributed by atoms with Crippen LogP contribution in [0, 0.1) is 0 Å². The lowest BCUT2D eigenvalue weighted by Gasteiger charge is -2.25. The number of hydrogen-bond donors (Lipinski definition) is 1. The largest absolute Gasteiger partial charge is 0.507 e. The van der Waals surface area contributed by atoms with Gasteiger partial charge in [0.05, 0.1) is 23.1 Å². The number of likely N-dealkylation sites (tertiary alicyclic amines) is 1. The Morgan fingerprint density at radius 1 is 1.09 bits per heavy atom. The number of benzene rings is 2. The SMILES string of the molecule is COCCN1C(=O)C(=O)C(=C(O)c2ccc(S(=O)(=O)N(C)C)cc2)C1c1ccc(Br)cc1. The minimum Gasteiger partial charge on any atom is -0.507 e. The van der Waals surface area contributed by atoms with E-state index in [4.69, 9.17) is 4.74 Å². The first-order valence-corrected chi connectivity index (χ1v) is 11.9. The highest BCUT2D eigenvalue weighted by atomic mass is 79.9. The van der Waals surface area contributed by atoms with Gasteiger partial charge in [0.2, 0.25) is 10.0 Å². The first-order valence-electron chi connectivity index (χ1n) is 9.65. The molecule has 3 rings (SSSR count). The summed E-state index contributed by atoms with van der Waals surface area (Å²) >= 11 is 3.37. The van der Waals surface area contributed by atoms with Crippen molar-refractivity contribution in [2.45, 2.75) is 10.9 Å². The second-order valence-corrected chi connectivity index (χ2v) is 10.4. The molecule has 1 aliphatic heterocycles. The minimum atomic E-state index is -3.65. The molecule has 0 aromatic heterocycles. The van der Waals surface area contributed by atoms with E-state index in [0.29, 0.717) is 5.56 Å². The number of carbonyl (C=O) groups is 2. The smallest absolute Gasteiger partial charge is 0.295 e. The molecule has 0 spiro atoms. The molecule has 0 aliphatic carbocycles. The van der Waals surface area contributed by atoms with E-state index in [1.807, 2.05) is 0 Å². The Kier molecular flexibility index (Phi) is 7.19. The van der Waals surface area contributed by atoms with Crippen LogP contribution in [0.1, 0.15) is 17.2 Å². The standard InChI is InChI=1S/C22H23BrN2O6S/c1-24(2)32(29,30)17-10-6-15(7-11-17)20(26)18-19(14-4-8-16(23)9-5-14)25(12-13-31-3)22(28)21(18)27/h4-11,19,26H,12-13H2,1-3H3. The minimum absolute atomic E-state index is 0.0454. The number of ketones is 1. The zero-order valence-electron chi connectivity index (χ0n) is 17.8. The number of sulfonamides is 1. The number of amides is 1. The summed E-state index contributed by atoms with van der Waals surface area (Å²) < 4.78 is 31.6. The Morgan fingerprint density at radius 2 is 1.69 bits per heavy atom. The molecule has 1 unspecified atom stereocenters. The average Bonchev–Trinajstić information content (AvgIpc) is 3.02. The molecule has 1 saturated heterocycles. The molecule has 0 bridgehead atoms. The maximum atomic E-state index is 12.9. The number of rotatable bonds is 7. The number of nitrogens with zero attached hydrogens (tertiary/aromatic N) is 2. The number of methoxy groups -OCH3 is 1. The number of carbonyl (C=O) groups excluding carboxylic acids is 2. The summed E-state index contributed by atoms with van der Waals surface area (Å²) in [5.74, 6) is -1.91. The zero-order chi connectivity index (χ0) is 23.6. The Labute approximate surface area is 195 Å². The van der Waals surface area contributed by atoms with Crippen LogP contribution in [0.15, 0.2) is 63.5 Å². The van der Waals surface area contributed by atoms with Crippen LogP contribution >= 0.6 is 15.9 Å². The Morgan fingerprint density at radius 3 is 2.22 bits per heavy atom. The fraction of sp³-hybridized carbons (Fsp3) is 0.273. The predicted octanol–water partition coefficient (Wildman–Crippen LogP) is 2.77. The van der Waals surface area contributed by atoms with Gasteiger partial charge >= 0.3 is 0 Å². The highest BCUT2D eigenvalue weighted by Gasteiger charge is 2.45. The van der Waals surface area contributed by atoms with Crippen LogP contribution in [0.25, 0.3) is 5.76 Å². The summed E-state index contributed by atoms with van der Waals surface area (Å²) in [4.78, 5) is 27.1. The van der Waals surface area contributed by atoms with Crippen molar-refractivity contribution >= 4 is 43.4 Å². The van der Waals surface area contributed by atoms with E-state index in [0.717, 1.165) is 8.78 Å². The lowest BCUT2D eigenvalue weighted by atomic mass is 9.95. The van der Waals surface area contributed by atoms with Crippen LogP contribution in [0.3, 0.4) is 0 Å². The normalized spacial score (nSPS) is 18.5. The summed E-state index contributed by atoms with van der Waals surface area (Å²) in [6, 6.07) is 11.8. The van der Waals surface area contributed by atoms with Crippen LogP contribution < -0.4 is 0 Å². The van der Waals surface area contributed by atoms with Crippen molar-refractivity contribution in [2.24, 2.45) is 0 Å². The van der Waals surface area contributed by atoms with Gasteiger partial charge in [-0.05, 0) is 42.0 Å². The zero-order valence-corrected chi connectivity index (χ0v) is 20.2. The van der Waals surface area contributed by atoms with Crippen molar-refractivity contribution in [1.82, 2.24) is 9.21 Å². The van der Waals surface area contributed by atoms with E-state index in [1.54, 1.807) is 24.3 Å². The highest BCUT2D eigenvalue weighted by molar-refractivity contribution is 9.10. The van der Waals surface area contributed by atoms with Crippen LogP contribution in [0.2, 0.25) is 0 Å². The molecule has 10 heteroatoms. The molecular formula is C22H23BrN2O6S. The van der Waals surface area contributed by atoms with E-state index in [-0.39, 0.29) is 34.9 Å². The van der Waals surface area contributed by atoms with E-state index < -0.39 is 27.8 Å². The Balaban J connectivity index is 2.11. The molecule has 32 heavy (non-hydrogen) atoms. The van der Waals surface area contributed by atoms with Gasteiger partial charge in [0, 0.05) is 37.8 Å². The summed E-state index contributed by atoms with van der Waals surface area (Å²) in [6.07, 6.45) is 0. The van der Waals surface area contributed by atoms with Crippen molar-refractivity contribution in [1.29, 1.82) is 0 Å². The van der Waals surface area contributed by atoms with Crippen molar-refractivity contribution in [3.63, 3.8) is 0 Å². The van der Waals surface area contributed by atoms with Crippen LogP contribution in [-0.4, -0.2) is 68.8 Å². The first kappa shape index (κ1) is 24.1. The number of hydrogen-bond acceptors (Lipinski definition) is 6. The first-order chi connectivity index (χ1) is 15.1. The van der Waals surface area contributed by atoms with E-state index in [9.17, 15) is 23.1 Å². The molecule has 1 atom stereocenters. The van der Waals surface area contributed by atoms with Crippen LogP contribution in [0.4, 0.5) is 0 Å². The van der Waals surface area contributed by atoms with Crippen molar-refractivity contribution in [3.8, 4) is 0 Å². The molecule has 0 saturated carbocycles. The number of aliphatic hydroxyl groups excluding tert-OH is 1. The van der Waals surface area contributed by atoms with E-state index in [2.05, 4.69) is 15.9 Å². The monoisotopic (exact) mass is 522 g/mol. The second kappa shape index (κ2) is 9.53. The topological polar surface area (TPSA) is 104 Å². The van der Waals surface area contributed by atoms with Gasteiger partial charge in [0.15, 0.2) is 0 Å². The number of ether oxygens (including phenoxy) is 1. The molecule has 1 heterocycles. The molecule has 170 valence electrons. The van der Waals surface area contributed by atoms with E-state index >= 15 is 0 Å². The predicted molar refractivity (Wildman–Crippen MR) is 122 cm³/mol. The van der Waals surface area contributed by atoms with Gasteiger partial charge in [0.1, 0.15) is 5.76 Å². The molecule has 2 aromatic rings. The van der Waals surface area contributed by atoms with Crippen molar-refractivity contribution in [2.75, 3.05) is 34.4 Å². The lowest BCUT2D eigenvalue weighted by molar-refractivity contribution is -0.140. The molecule has 1 amide bonds. The average molecular weight is 523 g/mol. The molecule has 1 aliphatic rings. The van der Waals surface area contributed by atoms with Crippen molar-refractivity contribution < 1.29 is 27.9 Å². The van der Waals surface area contributed by atoms with Gasteiger partial charge in [-0.3, -0.25) is 9.59 Å². The number of halogens is 1. The number of aliphatic hydroxyl groups is 1. The summed E-state index contributed by atoms with van der Waals surface area (Å²) in [6.45, 7) is 0.385. The molecule has 2 aromatic carbocycles. The molecule has 8 nitrogen and oxygen atoms in total. The quantitative estimate of drug-likeness (QED) is 0.340. The maximum absolute atomic E-state index is 12.9. The van der Waals surface area contributed by atoms with Gasteiger partial charge in [-0.25, -0.2) is 12.7 Å². The molecular weight excluding hydrogens is 500 g/mol. The van der Waals surface area contributed by atoms with Crippen LogP contribution in [0.5, 0.6) is 0 Å². The van der Waals surface area contributed by atoms with Gasteiger partial charge < -0.3 is 14.7 Å². The van der Waals surface area contributed by atoms with Gasteiger partial charge in [-0.15, -0.1) is 0 Å². The Bertz CT molecular complexity index is 1160. The van der Waals surface area contributed by atoms with Gasteiger partial charge in [-0.1, -0.05) is 28.1 Å². The lowest BCUT2D eigenvalue weighted by Crippen LogP contribution is -2.32. The summed E-state index contributed by atoms with van der Waals surface area (Å²) in [5.41, 5.74) is 0.822. The van der Waals surface area contributed by atoms with Gasteiger partial charge in [-0.2, -0.15) is 0 Å². The number of Topliss-reactive ketones (excluding diaryl/α,β-unsaturated/α-hetero) is 1. The highest BCUT2D eigenvalue weighted by Crippen LogP contribution is 2.39. The molecule has 1 N–H and O–H groups in total. The summed E-state index contributed by atoms with van der Waals surface area (Å²) in [7, 11) is 0.687. The second-order valence-electron chi connectivity index (χ2n) is 7.35. The van der Waals surface area contributed by atoms with Gasteiger partial charge in [0.25, 0.3) is 11.7 Å². The fourth-order valence-corrected chi connectivity index (χ4v) is 4.61. The third-order valence-corrected chi connectivity index (χ3v) is 7.53. The molecule has 1 fully saturated rings. The maximum Gasteiger partial charge on any atom is 0.295 e. The van der Waals surface area contributed by atoms with Crippen LogP contribution in [-0.2, 0) is 24.3 Å². The molecule has 0 radical (unpaired) electrons. The van der Waals surface area contributed by atoms with Crippen molar-refractivity contribution in [3.05, 3.63) is 69.7 Å². The third-order valence-electron chi connectivity index (χ3n) is 5.17. The third kappa shape index (κ3) is 4.49.